The Morgan fingerprint density at radius 1 is 1.00 bits per heavy atom. The molecule has 132 valence electrons. The van der Waals surface area contributed by atoms with Gasteiger partial charge in [0.2, 0.25) is 11.8 Å². The number of amides is 2. The highest BCUT2D eigenvalue weighted by Gasteiger charge is 2.08. The summed E-state index contributed by atoms with van der Waals surface area (Å²) in [6, 6.07) is 11.7. The zero-order chi connectivity index (χ0) is 18.4. The molecule has 2 aromatic rings. The Bertz CT molecular complexity index is 758. The smallest absolute Gasteiger partial charge is 0.243 e. The fraction of sp³-hybridized carbons (Fsp3) is 0.263. The first-order chi connectivity index (χ1) is 11.8. The molecule has 0 spiro atoms. The average Bonchev–Trinajstić information content (AvgIpc) is 2.55. The van der Waals surface area contributed by atoms with Crippen LogP contribution in [0.4, 0.5) is 21.5 Å². The van der Waals surface area contributed by atoms with Crippen LogP contribution < -0.4 is 16.0 Å². The maximum atomic E-state index is 13.8. The summed E-state index contributed by atoms with van der Waals surface area (Å²) >= 11 is 0. The summed E-state index contributed by atoms with van der Waals surface area (Å²) in [6.07, 6.45) is 0. The van der Waals surface area contributed by atoms with Gasteiger partial charge in [0.25, 0.3) is 0 Å². The fourth-order valence-corrected chi connectivity index (χ4v) is 2.27. The standard InChI is InChI=1S/C19H22FN3O2/c1-12(2)14-4-6-15(7-5-14)23-19(25)11-21-18-10-16(22-13(3)24)8-9-17(18)20/h4-10,12,21H,11H2,1-3H3,(H,22,24)(H,23,25). The molecule has 0 aliphatic carbocycles. The summed E-state index contributed by atoms with van der Waals surface area (Å²) in [5, 5.41) is 8.06. The van der Waals surface area contributed by atoms with E-state index in [2.05, 4.69) is 29.8 Å². The van der Waals surface area contributed by atoms with Crippen LogP contribution in [0.2, 0.25) is 0 Å². The zero-order valence-corrected chi connectivity index (χ0v) is 14.5. The van der Waals surface area contributed by atoms with Crippen molar-refractivity contribution >= 4 is 28.9 Å². The molecule has 0 unspecified atom stereocenters. The number of anilines is 3. The monoisotopic (exact) mass is 343 g/mol. The topological polar surface area (TPSA) is 70.2 Å². The van der Waals surface area contributed by atoms with Gasteiger partial charge in [-0.15, -0.1) is 0 Å². The van der Waals surface area contributed by atoms with Gasteiger partial charge >= 0.3 is 0 Å². The van der Waals surface area contributed by atoms with Gasteiger partial charge in [-0.1, -0.05) is 26.0 Å². The highest BCUT2D eigenvalue weighted by molar-refractivity contribution is 5.94. The van der Waals surface area contributed by atoms with Gasteiger partial charge in [-0.05, 0) is 41.8 Å². The second-order valence-corrected chi connectivity index (χ2v) is 6.05. The Hall–Kier alpha value is -2.89. The minimum Gasteiger partial charge on any atom is -0.374 e. The fourth-order valence-electron chi connectivity index (χ4n) is 2.27. The lowest BCUT2D eigenvalue weighted by atomic mass is 10.0. The van der Waals surface area contributed by atoms with E-state index in [9.17, 15) is 14.0 Å². The third kappa shape index (κ3) is 5.60. The molecule has 0 bridgehead atoms. The summed E-state index contributed by atoms with van der Waals surface area (Å²) in [5.74, 6) is -0.616. The molecule has 2 amide bonds. The molecule has 25 heavy (non-hydrogen) atoms. The lowest BCUT2D eigenvalue weighted by Gasteiger charge is -2.11. The van der Waals surface area contributed by atoms with E-state index in [1.807, 2.05) is 24.3 Å². The van der Waals surface area contributed by atoms with Crippen LogP contribution in [0.3, 0.4) is 0 Å². The molecular weight excluding hydrogens is 321 g/mol. The van der Waals surface area contributed by atoms with Crippen LogP contribution in [0.1, 0.15) is 32.3 Å². The average molecular weight is 343 g/mol. The van der Waals surface area contributed by atoms with Gasteiger partial charge in [0.1, 0.15) is 5.82 Å². The Labute approximate surface area is 146 Å². The molecule has 0 saturated heterocycles. The van der Waals surface area contributed by atoms with Crippen LogP contribution in [0.25, 0.3) is 0 Å². The number of carbonyl (C=O) groups excluding carboxylic acids is 2. The summed E-state index contributed by atoms with van der Waals surface area (Å²) in [5.41, 5.74) is 2.48. The molecule has 0 aliphatic heterocycles. The maximum Gasteiger partial charge on any atom is 0.243 e. The Kier molecular flexibility index (Phi) is 6.11. The minimum atomic E-state index is -0.497. The lowest BCUT2D eigenvalue weighted by Crippen LogP contribution is -2.22. The molecule has 0 fully saturated rings. The molecule has 0 atom stereocenters. The molecule has 0 aliphatic rings. The highest BCUT2D eigenvalue weighted by atomic mass is 19.1. The predicted octanol–water partition coefficient (Wildman–Crippen LogP) is 3.96. The molecule has 0 aromatic heterocycles. The van der Waals surface area contributed by atoms with Crippen LogP contribution in [0.15, 0.2) is 42.5 Å². The van der Waals surface area contributed by atoms with Gasteiger partial charge < -0.3 is 16.0 Å². The van der Waals surface area contributed by atoms with Crippen molar-refractivity contribution in [3.8, 4) is 0 Å². The van der Waals surface area contributed by atoms with Crippen molar-refractivity contribution in [2.75, 3.05) is 22.5 Å². The van der Waals surface area contributed by atoms with Crippen LogP contribution in [0.5, 0.6) is 0 Å². The largest absolute Gasteiger partial charge is 0.374 e. The second-order valence-electron chi connectivity index (χ2n) is 6.05. The number of halogens is 1. The van der Waals surface area contributed by atoms with E-state index in [4.69, 9.17) is 0 Å². The van der Waals surface area contributed by atoms with E-state index >= 15 is 0 Å². The van der Waals surface area contributed by atoms with E-state index in [1.165, 1.54) is 30.7 Å². The molecule has 0 heterocycles. The molecular formula is C19H22FN3O2. The number of benzene rings is 2. The van der Waals surface area contributed by atoms with Gasteiger partial charge in [-0.25, -0.2) is 4.39 Å². The van der Waals surface area contributed by atoms with Crippen LogP contribution >= 0.6 is 0 Å². The number of hydrogen-bond acceptors (Lipinski definition) is 3. The number of rotatable bonds is 6. The van der Waals surface area contributed by atoms with Crippen LogP contribution in [0, 0.1) is 5.82 Å². The van der Waals surface area contributed by atoms with E-state index in [-0.39, 0.29) is 24.0 Å². The molecule has 0 radical (unpaired) electrons. The quantitative estimate of drug-likeness (QED) is 0.743. The third-order valence-electron chi connectivity index (χ3n) is 3.59. The Balaban J connectivity index is 1.94. The summed E-state index contributed by atoms with van der Waals surface area (Å²) in [7, 11) is 0. The van der Waals surface area contributed by atoms with Gasteiger partial charge in [-0.3, -0.25) is 9.59 Å². The predicted molar refractivity (Wildman–Crippen MR) is 98.4 cm³/mol. The first kappa shape index (κ1) is 18.4. The first-order valence-electron chi connectivity index (χ1n) is 8.06. The first-order valence-corrected chi connectivity index (χ1v) is 8.06. The molecule has 3 N–H and O–H groups in total. The normalized spacial score (nSPS) is 10.4. The van der Waals surface area contributed by atoms with Crippen molar-refractivity contribution in [3.05, 3.63) is 53.8 Å². The van der Waals surface area contributed by atoms with E-state index in [0.717, 1.165) is 0 Å². The number of hydrogen-bond donors (Lipinski definition) is 3. The summed E-state index contributed by atoms with van der Waals surface area (Å²) in [4.78, 5) is 23.1. The van der Waals surface area contributed by atoms with Crippen molar-refractivity contribution in [3.63, 3.8) is 0 Å². The summed E-state index contributed by atoms with van der Waals surface area (Å²) < 4.78 is 13.8. The molecule has 2 rings (SSSR count). The third-order valence-corrected chi connectivity index (χ3v) is 3.59. The Morgan fingerprint density at radius 2 is 1.64 bits per heavy atom. The lowest BCUT2D eigenvalue weighted by molar-refractivity contribution is -0.115. The summed E-state index contributed by atoms with van der Waals surface area (Å²) in [6.45, 7) is 5.48. The molecule has 0 saturated carbocycles. The molecule has 6 heteroatoms. The maximum absolute atomic E-state index is 13.8. The van der Waals surface area contributed by atoms with Crippen molar-refractivity contribution in [1.82, 2.24) is 0 Å². The molecule has 2 aromatic carbocycles. The van der Waals surface area contributed by atoms with E-state index in [1.54, 1.807) is 0 Å². The van der Waals surface area contributed by atoms with Gasteiger partial charge in [0.15, 0.2) is 0 Å². The van der Waals surface area contributed by atoms with Crippen molar-refractivity contribution in [1.29, 1.82) is 0 Å². The number of carbonyl (C=O) groups is 2. The van der Waals surface area contributed by atoms with E-state index in [0.29, 0.717) is 17.3 Å². The SMILES string of the molecule is CC(=O)Nc1ccc(F)c(NCC(=O)Nc2ccc(C(C)C)cc2)c1. The number of nitrogens with one attached hydrogen (secondary N) is 3. The highest BCUT2D eigenvalue weighted by Crippen LogP contribution is 2.20. The van der Waals surface area contributed by atoms with Crippen molar-refractivity contribution in [2.24, 2.45) is 0 Å². The minimum absolute atomic E-state index is 0.0909. The van der Waals surface area contributed by atoms with E-state index < -0.39 is 5.82 Å². The van der Waals surface area contributed by atoms with Gasteiger partial charge in [0.05, 0.1) is 12.2 Å². The van der Waals surface area contributed by atoms with Crippen molar-refractivity contribution < 1.29 is 14.0 Å². The zero-order valence-electron chi connectivity index (χ0n) is 14.5. The van der Waals surface area contributed by atoms with Crippen LogP contribution in [-0.4, -0.2) is 18.4 Å². The second kappa shape index (κ2) is 8.28. The van der Waals surface area contributed by atoms with Crippen molar-refractivity contribution in [2.45, 2.75) is 26.7 Å². The van der Waals surface area contributed by atoms with Crippen LogP contribution in [-0.2, 0) is 9.59 Å². The van der Waals surface area contributed by atoms with Gasteiger partial charge in [0, 0.05) is 18.3 Å². The Morgan fingerprint density at radius 3 is 2.24 bits per heavy atom. The van der Waals surface area contributed by atoms with Gasteiger partial charge in [-0.2, -0.15) is 0 Å². The molecule has 5 nitrogen and oxygen atoms in total.